The van der Waals surface area contributed by atoms with Gasteiger partial charge in [0.25, 0.3) is 0 Å². The van der Waals surface area contributed by atoms with Gasteiger partial charge in [-0.2, -0.15) is 5.06 Å². The summed E-state index contributed by atoms with van der Waals surface area (Å²) >= 11 is 0. The lowest BCUT2D eigenvalue weighted by Gasteiger charge is -2.27. The van der Waals surface area contributed by atoms with E-state index in [4.69, 9.17) is 5.73 Å². The minimum Gasteiger partial charge on any atom is -0.350 e. The summed E-state index contributed by atoms with van der Waals surface area (Å²) in [5.41, 5.74) is 7.80. The van der Waals surface area contributed by atoms with E-state index in [0.29, 0.717) is 11.5 Å². The van der Waals surface area contributed by atoms with Crippen LogP contribution in [0.3, 0.4) is 0 Å². The number of nitrogens with two attached hydrogens (primary N) is 1. The first-order valence-corrected chi connectivity index (χ1v) is 6.68. The number of hydroxylamine groups is 2. The molecule has 0 fully saturated rings. The number of carbonyl (C=O) groups excluding carboxylic acids is 1. The Morgan fingerprint density at radius 1 is 1.24 bits per heavy atom. The summed E-state index contributed by atoms with van der Waals surface area (Å²) in [5.74, 6) is -0.568. The van der Waals surface area contributed by atoms with Crippen LogP contribution in [0.2, 0.25) is 0 Å². The third-order valence-corrected chi connectivity index (χ3v) is 3.96. The summed E-state index contributed by atoms with van der Waals surface area (Å²) in [7, 11) is 0. The largest absolute Gasteiger partial charge is 0.350 e. The van der Waals surface area contributed by atoms with Crippen molar-refractivity contribution in [2.75, 3.05) is 0 Å². The van der Waals surface area contributed by atoms with Crippen LogP contribution < -0.4 is 5.73 Å². The highest BCUT2D eigenvalue weighted by atomic mass is 19.1. The van der Waals surface area contributed by atoms with Gasteiger partial charge in [-0.15, -0.1) is 0 Å². The molecule has 2 aromatic rings. The molecule has 108 valence electrons. The van der Waals surface area contributed by atoms with Crippen LogP contribution in [0.15, 0.2) is 48.5 Å². The van der Waals surface area contributed by atoms with Crippen molar-refractivity contribution in [1.29, 1.82) is 0 Å². The van der Waals surface area contributed by atoms with Gasteiger partial charge in [-0.3, -0.25) is 5.21 Å². The molecule has 0 saturated heterocycles. The Labute approximate surface area is 121 Å². The predicted molar refractivity (Wildman–Crippen MR) is 75.2 cm³/mol. The molecule has 4 nitrogen and oxygen atoms in total. The van der Waals surface area contributed by atoms with Crippen LogP contribution in [0.5, 0.6) is 0 Å². The number of halogens is 1. The van der Waals surface area contributed by atoms with E-state index in [1.807, 2.05) is 24.3 Å². The summed E-state index contributed by atoms with van der Waals surface area (Å²) in [6.07, 6.45) is 0.620. The summed E-state index contributed by atoms with van der Waals surface area (Å²) in [5, 5.41) is 10.6. The van der Waals surface area contributed by atoms with Crippen molar-refractivity contribution in [2.24, 2.45) is 5.73 Å². The van der Waals surface area contributed by atoms with E-state index < -0.39 is 12.1 Å². The molecule has 0 spiro atoms. The lowest BCUT2D eigenvalue weighted by atomic mass is 9.92. The Morgan fingerprint density at radius 2 is 2.00 bits per heavy atom. The van der Waals surface area contributed by atoms with Crippen LogP contribution in [0, 0.1) is 5.82 Å². The fourth-order valence-corrected chi connectivity index (χ4v) is 3.05. The monoisotopic (exact) mass is 286 g/mol. The Bertz CT molecular complexity index is 689. The predicted octanol–water partition coefficient (Wildman–Crippen LogP) is 2.98. The number of amides is 2. The Balaban J connectivity index is 2.06. The second kappa shape index (κ2) is 5.18. The molecule has 5 heteroatoms. The zero-order valence-electron chi connectivity index (χ0n) is 11.2. The number of primary amides is 1. The number of rotatable bonds is 2. The third kappa shape index (κ3) is 2.36. The van der Waals surface area contributed by atoms with Crippen molar-refractivity contribution < 1.29 is 14.4 Å². The Hall–Kier alpha value is -2.40. The van der Waals surface area contributed by atoms with Gasteiger partial charge in [0.15, 0.2) is 0 Å². The van der Waals surface area contributed by atoms with Crippen LogP contribution in [0.1, 0.15) is 28.7 Å². The van der Waals surface area contributed by atoms with Crippen LogP contribution in [0.4, 0.5) is 9.18 Å². The van der Waals surface area contributed by atoms with Gasteiger partial charge in [0.1, 0.15) is 5.82 Å². The maximum absolute atomic E-state index is 13.5. The molecule has 2 atom stereocenters. The quantitative estimate of drug-likeness (QED) is 0.658. The van der Waals surface area contributed by atoms with Gasteiger partial charge >= 0.3 is 6.03 Å². The van der Waals surface area contributed by atoms with Crippen LogP contribution >= 0.6 is 0 Å². The molecular formula is C16H15FN2O2. The smallest absolute Gasteiger partial charge is 0.339 e. The molecule has 0 aliphatic heterocycles. The topological polar surface area (TPSA) is 66.6 Å². The second-order valence-electron chi connectivity index (χ2n) is 5.19. The lowest BCUT2D eigenvalue weighted by Crippen LogP contribution is -2.37. The second-order valence-corrected chi connectivity index (χ2v) is 5.19. The zero-order valence-corrected chi connectivity index (χ0v) is 11.2. The summed E-state index contributed by atoms with van der Waals surface area (Å²) < 4.78 is 13.5. The minimum atomic E-state index is -0.918. The van der Waals surface area contributed by atoms with Crippen molar-refractivity contribution in [3.05, 3.63) is 71.0 Å². The van der Waals surface area contributed by atoms with Crippen molar-refractivity contribution >= 4 is 6.03 Å². The Morgan fingerprint density at radius 3 is 2.71 bits per heavy atom. The van der Waals surface area contributed by atoms with Crippen LogP contribution in [-0.2, 0) is 6.42 Å². The number of nitrogens with zero attached hydrogens (tertiary/aromatic N) is 1. The number of hydrogen-bond acceptors (Lipinski definition) is 2. The number of benzene rings is 2. The van der Waals surface area contributed by atoms with Crippen LogP contribution in [0.25, 0.3) is 0 Å². The molecule has 2 amide bonds. The van der Waals surface area contributed by atoms with Crippen molar-refractivity contribution in [1.82, 2.24) is 5.06 Å². The van der Waals surface area contributed by atoms with Crippen molar-refractivity contribution in [3.8, 4) is 0 Å². The zero-order chi connectivity index (χ0) is 15.0. The maximum Gasteiger partial charge on any atom is 0.339 e. The molecule has 0 heterocycles. The van der Waals surface area contributed by atoms with Crippen molar-refractivity contribution in [2.45, 2.75) is 18.4 Å². The molecule has 2 aromatic carbocycles. The normalized spacial score (nSPS) is 20.1. The van der Waals surface area contributed by atoms with E-state index in [2.05, 4.69) is 0 Å². The van der Waals surface area contributed by atoms with Gasteiger partial charge in [-0.25, -0.2) is 9.18 Å². The van der Waals surface area contributed by atoms with Gasteiger partial charge in [-0.1, -0.05) is 36.4 Å². The minimum absolute atomic E-state index is 0.226. The molecule has 0 saturated carbocycles. The fourth-order valence-electron chi connectivity index (χ4n) is 3.05. The van der Waals surface area contributed by atoms with E-state index in [1.165, 1.54) is 12.1 Å². The lowest BCUT2D eigenvalue weighted by molar-refractivity contribution is -0.0810. The number of carbonyl (C=O) groups is 1. The highest BCUT2D eigenvalue weighted by Gasteiger charge is 2.38. The van der Waals surface area contributed by atoms with Gasteiger partial charge in [0, 0.05) is 5.92 Å². The molecule has 3 rings (SSSR count). The summed E-state index contributed by atoms with van der Waals surface area (Å²) in [6.45, 7) is 0. The average molecular weight is 286 g/mol. The average Bonchev–Trinajstić information content (AvgIpc) is 2.85. The third-order valence-electron chi connectivity index (χ3n) is 3.96. The fraction of sp³-hybridized carbons (Fsp3) is 0.188. The number of urea groups is 1. The van der Waals surface area contributed by atoms with Gasteiger partial charge in [-0.05, 0) is 35.2 Å². The van der Waals surface area contributed by atoms with E-state index >= 15 is 0 Å². The first-order valence-electron chi connectivity index (χ1n) is 6.68. The van der Waals surface area contributed by atoms with Crippen molar-refractivity contribution in [3.63, 3.8) is 0 Å². The van der Waals surface area contributed by atoms with Gasteiger partial charge < -0.3 is 5.73 Å². The molecule has 2 unspecified atom stereocenters. The highest BCUT2D eigenvalue weighted by Crippen LogP contribution is 2.45. The molecule has 21 heavy (non-hydrogen) atoms. The highest BCUT2D eigenvalue weighted by molar-refractivity contribution is 5.71. The van der Waals surface area contributed by atoms with E-state index in [-0.39, 0.29) is 11.7 Å². The maximum atomic E-state index is 13.5. The molecule has 3 N–H and O–H groups in total. The summed E-state index contributed by atoms with van der Waals surface area (Å²) in [6, 6.07) is 12.2. The molecule has 1 aliphatic rings. The van der Waals surface area contributed by atoms with E-state index in [1.54, 1.807) is 12.1 Å². The molecular weight excluding hydrogens is 271 g/mol. The number of hydrogen-bond donors (Lipinski definition) is 2. The first-order chi connectivity index (χ1) is 10.1. The summed E-state index contributed by atoms with van der Waals surface area (Å²) in [4.78, 5) is 11.4. The van der Waals surface area contributed by atoms with E-state index in [9.17, 15) is 14.4 Å². The standard InChI is InChI=1S/C16H15FN2O2/c17-12-6-3-5-10(8-12)14-9-11-4-1-2-7-13(11)15(14)19(21)16(18)20/h1-8,14-15,21H,9H2,(H2,18,20). The first kappa shape index (κ1) is 13.6. The Kier molecular flexibility index (Phi) is 3.35. The van der Waals surface area contributed by atoms with E-state index in [0.717, 1.165) is 16.7 Å². The van der Waals surface area contributed by atoms with Crippen LogP contribution in [-0.4, -0.2) is 16.3 Å². The SMILES string of the molecule is NC(=O)N(O)C1c2ccccc2CC1c1cccc(F)c1. The molecule has 0 bridgehead atoms. The van der Waals surface area contributed by atoms with Gasteiger partial charge in [0.2, 0.25) is 0 Å². The molecule has 1 aliphatic carbocycles. The molecule has 0 radical (unpaired) electrons. The van der Waals surface area contributed by atoms with Gasteiger partial charge in [0.05, 0.1) is 6.04 Å². The molecule has 0 aromatic heterocycles. The number of fused-ring (bicyclic) bond motifs is 1.